The monoisotopic (exact) mass is 424 g/mol. The normalized spacial score (nSPS) is 14.7. The highest BCUT2D eigenvalue weighted by atomic mass is 32.1. The SMILES string of the molecule is COc1ccc(C)c2sc(N3CCN(C(=O)c4ccc5ncsc5c4)CC3)nc12. The van der Waals surface area contributed by atoms with Crippen LogP contribution >= 0.6 is 22.7 Å². The third kappa shape index (κ3) is 3.22. The number of ether oxygens (including phenoxy) is 1. The van der Waals surface area contributed by atoms with Crippen LogP contribution in [0, 0.1) is 6.92 Å². The second-order valence-electron chi connectivity index (χ2n) is 7.07. The molecule has 0 unspecified atom stereocenters. The van der Waals surface area contributed by atoms with Crippen molar-refractivity contribution >= 4 is 54.1 Å². The average molecular weight is 425 g/mol. The van der Waals surface area contributed by atoms with Gasteiger partial charge in [0.25, 0.3) is 5.91 Å². The number of hydrogen-bond donors (Lipinski definition) is 0. The summed E-state index contributed by atoms with van der Waals surface area (Å²) in [7, 11) is 1.68. The molecule has 0 spiro atoms. The average Bonchev–Trinajstić information content (AvgIpc) is 3.41. The van der Waals surface area contributed by atoms with Gasteiger partial charge in [0, 0.05) is 31.7 Å². The second-order valence-corrected chi connectivity index (χ2v) is 8.94. The fraction of sp³-hybridized carbons (Fsp3) is 0.286. The molecule has 148 valence electrons. The van der Waals surface area contributed by atoms with Gasteiger partial charge in [0.05, 0.1) is 27.5 Å². The number of anilines is 1. The summed E-state index contributed by atoms with van der Waals surface area (Å²) in [6, 6.07) is 9.78. The van der Waals surface area contributed by atoms with Crippen molar-refractivity contribution in [1.82, 2.24) is 14.9 Å². The summed E-state index contributed by atoms with van der Waals surface area (Å²) in [6.45, 7) is 5.02. The van der Waals surface area contributed by atoms with E-state index in [1.165, 1.54) is 5.56 Å². The van der Waals surface area contributed by atoms with E-state index in [2.05, 4.69) is 22.9 Å². The van der Waals surface area contributed by atoms with Crippen LogP contribution in [0.15, 0.2) is 35.8 Å². The largest absolute Gasteiger partial charge is 0.494 e. The Kier molecular flexibility index (Phi) is 4.60. The third-order valence-corrected chi connectivity index (χ3v) is 7.37. The third-order valence-electron chi connectivity index (χ3n) is 5.33. The van der Waals surface area contributed by atoms with Crippen LogP contribution in [0.1, 0.15) is 15.9 Å². The van der Waals surface area contributed by atoms with Crippen molar-refractivity contribution in [1.29, 1.82) is 0 Å². The molecular formula is C21H20N4O2S2. The van der Waals surface area contributed by atoms with Crippen molar-refractivity contribution in [2.75, 3.05) is 38.2 Å². The maximum atomic E-state index is 12.9. The maximum absolute atomic E-state index is 12.9. The molecule has 0 radical (unpaired) electrons. The number of fused-ring (bicyclic) bond motifs is 2. The lowest BCUT2D eigenvalue weighted by Crippen LogP contribution is -2.48. The zero-order chi connectivity index (χ0) is 20.0. The summed E-state index contributed by atoms with van der Waals surface area (Å²) >= 11 is 3.26. The van der Waals surface area contributed by atoms with E-state index in [1.807, 2.05) is 34.7 Å². The van der Waals surface area contributed by atoms with Crippen molar-refractivity contribution < 1.29 is 9.53 Å². The Balaban J connectivity index is 1.33. The number of hydrogen-bond acceptors (Lipinski definition) is 7. The molecule has 1 aliphatic heterocycles. The van der Waals surface area contributed by atoms with Gasteiger partial charge in [-0.2, -0.15) is 0 Å². The number of thiazole rings is 2. The molecule has 5 rings (SSSR count). The number of carbonyl (C=O) groups excluding carboxylic acids is 1. The Bertz CT molecular complexity index is 1210. The van der Waals surface area contributed by atoms with E-state index in [1.54, 1.807) is 29.8 Å². The number of piperazine rings is 1. The lowest BCUT2D eigenvalue weighted by molar-refractivity contribution is 0.0747. The molecule has 0 bridgehead atoms. The number of methoxy groups -OCH3 is 1. The molecular weight excluding hydrogens is 404 g/mol. The summed E-state index contributed by atoms with van der Waals surface area (Å²) < 4.78 is 7.69. The standard InChI is InChI=1S/C21H20N4O2S2/c1-13-3-6-16(27-2)18-19(13)29-21(23-18)25-9-7-24(8-10-25)20(26)14-4-5-15-17(11-14)28-12-22-15/h3-6,11-12H,7-10H2,1-2H3. The number of nitrogens with zero attached hydrogens (tertiary/aromatic N) is 4. The molecule has 8 heteroatoms. The van der Waals surface area contributed by atoms with Gasteiger partial charge in [-0.1, -0.05) is 17.4 Å². The second kappa shape index (κ2) is 7.27. The molecule has 0 saturated carbocycles. The number of carbonyl (C=O) groups is 1. The van der Waals surface area contributed by atoms with Crippen LogP contribution in [0.2, 0.25) is 0 Å². The van der Waals surface area contributed by atoms with E-state index in [9.17, 15) is 4.79 Å². The first-order valence-corrected chi connectivity index (χ1v) is 11.2. The lowest BCUT2D eigenvalue weighted by atomic mass is 10.1. The first kappa shape index (κ1) is 18.3. The quantitative estimate of drug-likeness (QED) is 0.494. The van der Waals surface area contributed by atoms with Gasteiger partial charge < -0.3 is 14.5 Å². The Labute approximate surface area is 176 Å². The fourth-order valence-corrected chi connectivity index (χ4v) is 5.49. The van der Waals surface area contributed by atoms with Gasteiger partial charge in [-0.05, 0) is 36.8 Å². The van der Waals surface area contributed by atoms with Crippen LogP contribution < -0.4 is 9.64 Å². The minimum Gasteiger partial charge on any atom is -0.494 e. The topological polar surface area (TPSA) is 58.6 Å². The number of benzene rings is 2. The van der Waals surface area contributed by atoms with E-state index in [0.717, 1.165) is 50.0 Å². The molecule has 2 aromatic heterocycles. The molecule has 0 atom stereocenters. The van der Waals surface area contributed by atoms with Crippen molar-refractivity contribution in [3.8, 4) is 5.75 Å². The van der Waals surface area contributed by atoms with Crippen LogP contribution in [0.4, 0.5) is 5.13 Å². The highest BCUT2D eigenvalue weighted by molar-refractivity contribution is 7.22. The van der Waals surface area contributed by atoms with Gasteiger partial charge in [0.2, 0.25) is 0 Å². The molecule has 4 aromatic rings. The van der Waals surface area contributed by atoms with E-state index >= 15 is 0 Å². The molecule has 2 aromatic carbocycles. The predicted octanol–water partition coefficient (Wildman–Crippen LogP) is 4.19. The van der Waals surface area contributed by atoms with E-state index < -0.39 is 0 Å². The Hall–Kier alpha value is -2.71. The van der Waals surface area contributed by atoms with Crippen molar-refractivity contribution in [2.24, 2.45) is 0 Å². The van der Waals surface area contributed by atoms with Crippen molar-refractivity contribution in [2.45, 2.75) is 6.92 Å². The van der Waals surface area contributed by atoms with E-state index in [0.29, 0.717) is 13.1 Å². The van der Waals surface area contributed by atoms with Gasteiger partial charge in [-0.25, -0.2) is 9.97 Å². The van der Waals surface area contributed by atoms with Gasteiger partial charge in [0.1, 0.15) is 11.3 Å². The molecule has 3 heterocycles. The van der Waals surface area contributed by atoms with E-state index in [4.69, 9.17) is 9.72 Å². The zero-order valence-electron chi connectivity index (χ0n) is 16.2. The van der Waals surface area contributed by atoms with Gasteiger partial charge in [-0.3, -0.25) is 4.79 Å². The number of aromatic nitrogens is 2. The smallest absolute Gasteiger partial charge is 0.254 e. The number of amides is 1. The van der Waals surface area contributed by atoms with Crippen molar-refractivity contribution in [3.05, 3.63) is 47.0 Å². The summed E-state index contributed by atoms with van der Waals surface area (Å²) in [5.41, 5.74) is 5.61. The number of aryl methyl sites for hydroxylation is 1. The highest BCUT2D eigenvalue weighted by Crippen LogP contribution is 2.36. The molecule has 1 aliphatic rings. The van der Waals surface area contributed by atoms with Crippen LogP contribution in [-0.2, 0) is 0 Å². The lowest BCUT2D eigenvalue weighted by Gasteiger charge is -2.34. The minimum atomic E-state index is 0.0850. The van der Waals surface area contributed by atoms with Crippen molar-refractivity contribution in [3.63, 3.8) is 0 Å². The summed E-state index contributed by atoms with van der Waals surface area (Å²) in [5, 5.41) is 0.991. The minimum absolute atomic E-state index is 0.0850. The molecule has 1 fully saturated rings. The Morgan fingerprint density at radius 2 is 1.97 bits per heavy atom. The summed E-state index contributed by atoms with van der Waals surface area (Å²) in [4.78, 5) is 26.3. The summed E-state index contributed by atoms with van der Waals surface area (Å²) in [6.07, 6.45) is 0. The molecule has 0 N–H and O–H groups in total. The maximum Gasteiger partial charge on any atom is 0.254 e. The molecule has 29 heavy (non-hydrogen) atoms. The van der Waals surface area contributed by atoms with Crippen LogP contribution in [-0.4, -0.2) is 54.1 Å². The molecule has 1 saturated heterocycles. The van der Waals surface area contributed by atoms with Crippen LogP contribution in [0.25, 0.3) is 20.4 Å². The highest BCUT2D eigenvalue weighted by Gasteiger charge is 2.25. The van der Waals surface area contributed by atoms with Gasteiger partial charge >= 0.3 is 0 Å². The first-order valence-electron chi connectivity index (χ1n) is 9.45. The Morgan fingerprint density at radius 1 is 1.14 bits per heavy atom. The molecule has 0 aliphatic carbocycles. The van der Waals surface area contributed by atoms with Crippen LogP contribution in [0.5, 0.6) is 5.75 Å². The molecule has 1 amide bonds. The van der Waals surface area contributed by atoms with Crippen LogP contribution in [0.3, 0.4) is 0 Å². The fourth-order valence-electron chi connectivity index (χ4n) is 3.67. The Morgan fingerprint density at radius 3 is 2.76 bits per heavy atom. The molecule has 6 nitrogen and oxygen atoms in total. The first-order chi connectivity index (χ1) is 14.1. The number of rotatable bonds is 3. The zero-order valence-corrected chi connectivity index (χ0v) is 17.8. The van der Waals surface area contributed by atoms with Gasteiger partial charge in [-0.15, -0.1) is 11.3 Å². The van der Waals surface area contributed by atoms with Gasteiger partial charge in [0.15, 0.2) is 5.13 Å². The predicted molar refractivity (Wildman–Crippen MR) is 119 cm³/mol. The summed E-state index contributed by atoms with van der Waals surface area (Å²) in [5.74, 6) is 0.891. The van der Waals surface area contributed by atoms with E-state index in [-0.39, 0.29) is 5.91 Å².